The highest BCUT2D eigenvalue weighted by atomic mass is 127. The average Bonchev–Trinajstić information content (AvgIpc) is 3.17. The maximum atomic E-state index is 5.48. The number of nitrogens with one attached hydrogen (secondary N) is 2. The van der Waals surface area contributed by atoms with Crippen molar-refractivity contribution in [1.82, 2.24) is 15.6 Å². The van der Waals surface area contributed by atoms with E-state index in [4.69, 9.17) is 14.2 Å². The first-order valence-corrected chi connectivity index (χ1v) is 9.71. The van der Waals surface area contributed by atoms with E-state index in [1.165, 1.54) is 25.7 Å². The standard InChI is InChI=1S/C20H34N4O3.HI/c1-21-19(24-16-20(10-11-25-2)8-4-5-9-20)23-15-17-6-7-18(22-14-17)27-13-12-26-3;/h6-7,14H,4-5,8-13,15-16H2,1-3H3,(H2,21,23,24);1H. The Morgan fingerprint density at radius 1 is 1.11 bits per heavy atom. The van der Waals surface area contributed by atoms with Crippen LogP contribution in [-0.4, -0.2) is 58.6 Å². The SMILES string of the molecule is CN=C(NCc1ccc(OCCOC)nc1)NCC1(CCOC)CCCC1.I. The van der Waals surface area contributed by atoms with Crippen LogP contribution >= 0.6 is 24.0 Å². The second-order valence-corrected chi connectivity index (χ2v) is 7.08. The molecule has 2 N–H and O–H groups in total. The van der Waals surface area contributed by atoms with Crippen molar-refractivity contribution in [3.63, 3.8) is 0 Å². The van der Waals surface area contributed by atoms with Gasteiger partial charge in [-0.2, -0.15) is 0 Å². The number of methoxy groups -OCH3 is 2. The molecule has 0 bridgehead atoms. The van der Waals surface area contributed by atoms with Crippen LogP contribution in [0.4, 0.5) is 0 Å². The lowest BCUT2D eigenvalue weighted by Crippen LogP contribution is -2.43. The summed E-state index contributed by atoms with van der Waals surface area (Å²) in [6, 6.07) is 3.88. The summed E-state index contributed by atoms with van der Waals surface area (Å²) in [5, 5.41) is 6.86. The fourth-order valence-electron chi connectivity index (χ4n) is 3.47. The summed E-state index contributed by atoms with van der Waals surface area (Å²) >= 11 is 0. The monoisotopic (exact) mass is 506 g/mol. The number of hydrogen-bond donors (Lipinski definition) is 2. The zero-order valence-corrected chi connectivity index (χ0v) is 19.7. The summed E-state index contributed by atoms with van der Waals surface area (Å²) in [6.07, 6.45) is 8.05. The summed E-state index contributed by atoms with van der Waals surface area (Å²) in [7, 11) is 5.23. The van der Waals surface area contributed by atoms with Gasteiger partial charge in [-0.05, 0) is 30.2 Å². The summed E-state index contributed by atoms with van der Waals surface area (Å²) in [5.74, 6) is 1.43. The average molecular weight is 506 g/mol. The topological polar surface area (TPSA) is 77.0 Å². The van der Waals surface area contributed by atoms with Crippen LogP contribution in [0.5, 0.6) is 5.88 Å². The van der Waals surface area contributed by atoms with Crippen LogP contribution in [0, 0.1) is 5.41 Å². The molecule has 2 rings (SSSR count). The van der Waals surface area contributed by atoms with Gasteiger partial charge in [-0.3, -0.25) is 4.99 Å². The van der Waals surface area contributed by atoms with E-state index < -0.39 is 0 Å². The molecule has 0 unspecified atom stereocenters. The Kier molecular flexibility index (Phi) is 12.4. The zero-order chi connectivity index (χ0) is 19.4. The third-order valence-corrected chi connectivity index (χ3v) is 5.15. The lowest BCUT2D eigenvalue weighted by atomic mass is 9.83. The molecule has 8 heteroatoms. The fourth-order valence-corrected chi connectivity index (χ4v) is 3.47. The molecular formula is C20H35IN4O3. The normalized spacial score (nSPS) is 15.8. The van der Waals surface area contributed by atoms with E-state index in [9.17, 15) is 0 Å². The van der Waals surface area contributed by atoms with Crippen LogP contribution in [0.1, 0.15) is 37.7 Å². The minimum Gasteiger partial charge on any atom is -0.475 e. The first kappa shape index (κ1) is 24.9. The van der Waals surface area contributed by atoms with Crippen molar-refractivity contribution in [3.8, 4) is 5.88 Å². The minimum atomic E-state index is 0. The van der Waals surface area contributed by atoms with Gasteiger partial charge >= 0.3 is 0 Å². The maximum Gasteiger partial charge on any atom is 0.213 e. The molecule has 1 aliphatic rings. The van der Waals surface area contributed by atoms with Gasteiger partial charge < -0.3 is 24.8 Å². The van der Waals surface area contributed by atoms with Crippen LogP contribution < -0.4 is 15.4 Å². The molecule has 0 saturated heterocycles. The van der Waals surface area contributed by atoms with E-state index in [-0.39, 0.29) is 24.0 Å². The molecule has 0 atom stereocenters. The molecule has 0 aliphatic heterocycles. The molecule has 7 nitrogen and oxygen atoms in total. The number of aliphatic imine (C=N–C) groups is 1. The van der Waals surface area contributed by atoms with Crippen molar-refractivity contribution in [2.75, 3.05) is 47.6 Å². The molecule has 0 amide bonds. The van der Waals surface area contributed by atoms with Crippen LogP contribution in [-0.2, 0) is 16.0 Å². The molecule has 1 heterocycles. The van der Waals surface area contributed by atoms with E-state index >= 15 is 0 Å². The van der Waals surface area contributed by atoms with Gasteiger partial charge in [-0.25, -0.2) is 4.98 Å². The maximum absolute atomic E-state index is 5.48. The molecule has 1 fully saturated rings. The van der Waals surface area contributed by atoms with Crippen molar-refractivity contribution < 1.29 is 14.2 Å². The molecule has 1 aromatic rings. The van der Waals surface area contributed by atoms with Gasteiger partial charge in [0.25, 0.3) is 0 Å². The first-order valence-electron chi connectivity index (χ1n) is 9.71. The minimum absolute atomic E-state index is 0. The smallest absolute Gasteiger partial charge is 0.213 e. The van der Waals surface area contributed by atoms with E-state index in [2.05, 4.69) is 20.6 Å². The summed E-state index contributed by atoms with van der Waals surface area (Å²) < 4.78 is 15.8. The predicted octanol–water partition coefficient (Wildman–Crippen LogP) is 2.99. The Labute approximate surface area is 186 Å². The predicted molar refractivity (Wildman–Crippen MR) is 123 cm³/mol. The molecule has 1 aliphatic carbocycles. The van der Waals surface area contributed by atoms with Gasteiger partial charge in [-0.15, -0.1) is 24.0 Å². The number of guanidine groups is 1. The number of nitrogens with zero attached hydrogens (tertiary/aromatic N) is 2. The van der Waals surface area contributed by atoms with Gasteiger partial charge in [-0.1, -0.05) is 18.9 Å². The third kappa shape index (κ3) is 8.48. The van der Waals surface area contributed by atoms with E-state index in [1.54, 1.807) is 21.3 Å². The second-order valence-electron chi connectivity index (χ2n) is 7.08. The van der Waals surface area contributed by atoms with Gasteiger partial charge in [0.15, 0.2) is 5.96 Å². The van der Waals surface area contributed by atoms with Crippen LogP contribution in [0.25, 0.3) is 0 Å². The number of pyridine rings is 1. The number of halogens is 1. The van der Waals surface area contributed by atoms with Crippen LogP contribution in [0.15, 0.2) is 23.3 Å². The fraction of sp³-hybridized carbons (Fsp3) is 0.700. The van der Waals surface area contributed by atoms with Crippen molar-refractivity contribution >= 4 is 29.9 Å². The van der Waals surface area contributed by atoms with Crippen LogP contribution in [0.3, 0.4) is 0 Å². The Morgan fingerprint density at radius 2 is 1.86 bits per heavy atom. The highest BCUT2D eigenvalue weighted by Gasteiger charge is 2.33. The first-order chi connectivity index (χ1) is 13.2. The Hall–Kier alpha value is -1.13. The number of ether oxygens (including phenoxy) is 3. The Bertz CT molecular complexity index is 563. The van der Waals surface area contributed by atoms with Gasteiger partial charge in [0.2, 0.25) is 5.88 Å². The number of aromatic nitrogens is 1. The molecule has 1 saturated carbocycles. The lowest BCUT2D eigenvalue weighted by molar-refractivity contribution is 0.138. The number of hydrogen-bond acceptors (Lipinski definition) is 5. The Morgan fingerprint density at radius 3 is 2.46 bits per heavy atom. The summed E-state index contributed by atoms with van der Waals surface area (Å²) in [4.78, 5) is 8.66. The zero-order valence-electron chi connectivity index (χ0n) is 17.3. The summed E-state index contributed by atoms with van der Waals surface area (Å²) in [6.45, 7) is 3.47. The second kappa shape index (κ2) is 13.9. The van der Waals surface area contributed by atoms with Crippen LogP contribution in [0.2, 0.25) is 0 Å². The van der Waals surface area contributed by atoms with Crippen molar-refractivity contribution in [3.05, 3.63) is 23.9 Å². The lowest BCUT2D eigenvalue weighted by Gasteiger charge is -2.30. The molecular weight excluding hydrogens is 471 g/mol. The number of rotatable bonds is 11. The van der Waals surface area contributed by atoms with Crippen molar-refractivity contribution in [2.24, 2.45) is 10.4 Å². The van der Waals surface area contributed by atoms with E-state index in [0.717, 1.165) is 31.1 Å². The molecule has 0 radical (unpaired) electrons. The quantitative estimate of drug-likeness (QED) is 0.208. The van der Waals surface area contributed by atoms with E-state index in [1.807, 2.05) is 18.3 Å². The van der Waals surface area contributed by atoms with Gasteiger partial charge in [0.1, 0.15) is 6.61 Å². The van der Waals surface area contributed by atoms with Crippen molar-refractivity contribution in [1.29, 1.82) is 0 Å². The highest BCUT2D eigenvalue weighted by Crippen LogP contribution is 2.40. The van der Waals surface area contributed by atoms with Crippen molar-refractivity contribution in [2.45, 2.75) is 38.6 Å². The molecule has 1 aromatic heterocycles. The van der Waals surface area contributed by atoms with Gasteiger partial charge in [0.05, 0.1) is 6.61 Å². The molecule has 0 spiro atoms. The molecule has 160 valence electrons. The third-order valence-electron chi connectivity index (χ3n) is 5.15. The summed E-state index contributed by atoms with van der Waals surface area (Å²) in [5.41, 5.74) is 1.41. The highest BCUT2D eigenvalue weighted by molar-refractivity contribution is 14.0. The molecule has 28 heavy (non-hydrogen) atoms. The Balaban J connectivity index is 0.00000392. The molecule has 0 aromatic carbocycles. The largest absolute Gasteiger partial charge is 0.475 e. The van der Waals surface area contributed by atoms with E-state index in [0.29, 0.717) is 31.1 Å². The van der Waals surface area contributed by atoms with Gasteiger partial charge in [0, 0.05) is 53.2 Å².